The van der Waals surface area contributed by atoms with Crippen LogP contribution < -0.4 is 11.1 Å². The summed E-state index contributed by atoms with van der Waals surface area (Å²) in [6.45, 7) is 4.97. The highest BCUT2D eigenvalue weighted by Gasteiger charge is 2.43. The molecule has 1 unspecified atom stereocenters. The van der Waals surface area contributed by atoms with Crippen LogP contribution in [0.3, 0.4) is 0 Å². The largest absolute Gasteiger partial charge is 0.392 e. The maximum absolute atomic E-state index is 12.2. The molecule has 1 atom stereocenters. The summed E-state index contributed by atoms with van der Waals surface area (Å²) in [4.78, 5) is 12.5. The highest BCUT2D eigenvalue weighted by molar-refractivity contribution is 7.80. The molecule has 0 spiro atoms. The zero-order valence-corrected chi connectivity index (χ0v) is 11.0. The molecule has 0 bridgehead atoms. The van der Waals surface area contributed by atoms with Crippen molar-refractivity contribution in [2.45, 2.75) is 46.0 Å². The van der Waals surface area contributed by atoms with Crippen molar-refractivity contribution < 1.29 is 4.79 Å². The minimum atomic E-state index is -0.553. The number of carbonyl (C=O) groups is 1. The van der Waals surface area contributed by atoms with Gasteiger partial charge in [0.1, 0.15) is 0 Å². The van der Waals surface area contributed by atoms with Gasteiger partial charge in [0, 0.05) is 6.54 Å². The number of rotatable bonds is 5. The summed E-state index contributed by atoms with van der Waals surface area (Å²) >= 11 is 5.07. The summed E-state index contributed by atoms with van der Waals surface area (Å²) in [6.07, 6.45) is 4.80. The van der Waals surface area contributed by atoms with E-state index < -0.39 is 5.41 Å². The molecule has 1 rings (SSSR count). The molecule has 1 aliphatic carbocycles. The van der Waals surface area contributed by atoms with E-state index in [-0.39, 0.29) is 5.91 Å². The smallest absolute Gasteiger partial charge is 0.233 e. The quantitative estimate of drug-likeness (QED) is 0.725. The van der Waals surface area contributed by atoms with E-state index >= 15 is 0 Å². The average molecular weight is 242 g/mol. The lowest BCUT2D eigenvalue weighted by Crippen LogP contribution is -2.48. The zero-order chi connectivity index (χ0) is 12.2. The van der Waals surface area contributed by atoms with Crippen LogP contribution in [0.1, 0.15) is 46.0 Å². The number of hydrogen-bond donors (Lipinski definition) is 2. The van der Waals surface area contributed by atoms with Crippen molar-refractivity contribution in [3.05, 3.63) is 0 Å². The van der Waals surface area contributed by atoms with Crippen molar-refractivity contribution in [2.75, 3.05) is 6.54 Å². The van der Waals surface area contributed by atoms with Crippen molar-refractivity contribution in [1.82, 2.24) is 5.32 Å². The first kappa shape index (κ1) is 13.4. The third-order valence-electron chi connectivity index (χ3n) is 3.67. The van der Waals surface area contributed by atoms with E-state index in [1.165, 1.54) is 0 Å². The summed E-state index contributed by atoms with van der Waals surface area (Å²) in [5, 5.41) is 2.99. The van der Waals surface area contributed by atoms with Gasteiger partial charge >= 0.3 is 0 Å². The second-order valence-electron chi connectivity index (χ2n) is 4.88. The van der Waals surface area contributed by atoms with Crippen molar-refractivity contribution in [2.24, 2.45) is 17.1 Å². The molecule has 0 aliphatic heterocycles. The molecule has 3 N–H and O–H groups in total. The van der Waals surface area contributed by atoms with Crippen LogP contribution in [0.4, 0.5) is 0 Å². The summed E-state index contributed by atoms with van der Waals surface area (Å²) < 4.78 is 0. The van der Waals surface area contributed by atoms with Crippen LogP contribution in [0.2, 0.25) is 0 Å². The number of nitrogens with one attached hydrogen (secondary N) is 1. The van der Waals surface area contributed by atoms with Crippen LogP contribution in [-0.4, -0.2) is 17.4 Å². The molecule has 0 aromatic carbocycles. The summed E-state index contributed by atoms with van der Waals surface area (Å²) in [5.74, 6) is 0.548. The van der Waals surface area contributed by atoms with Crippen LogP contribution in [0.25, 0.3) is 0 Å². The highest BCUT2D eigenvalue weighted by atomic mass is 32.1. The molecule has 0 saturated heterocycles. The van der Waals surface area contributed by atoms with Crippen molar-refractivity contribution in [1.29, 1.82) is 0 Å². The van der Waals surface area contributed by atoms with Gasteiger partial charge in [0.2, 0.25) is 5.91 Å². The second kappa shape index (κ2) is 5.62. The third kappa shape index (κ3) is 2.73. The fourth-order valence-electron chi connectivity index (χ4n) is 2.14. The Kier molecular flexibility index (Phi) is 4.71. The first-order valence-corrected chi connectivity index (χ1v) is 6.52. The Balaban J connectivity index is 2.59. The average Bonchev–Trinajstić information content (AvgIpc) is 2.75. The summed E-state index contributed by atoms with van der Waals surface area (Å²) in [5.41, 5.74) is 5.19. The molecule has 0 heterocycles. The molecule has 0 aromatic heterocycles. The Hall–Kier alpha value is -0.640. The zero-order valence-electron chi connectivity index (χ0n) is 10.2. The van der Waals surface area contributed by atoms with Gasteiger partial charge in [0.25, 0.3) is 0 Å². The summed E-state index contributed by atoms with van der Waals surface area (Å²) in [6, 6.07) is 0. The lowest BCUT2D eigenvalue weighted by Gasteiger charge is -2.26. The Morgan fingerprint density at radius 3 is 2.50 bits per heavy atom. The van der Waals surface area contributed by atoms with Crippen molar-refractivity contribution >= 4 is 23.1 Å². The van der Waals surface area contributed by atoms with Gasteiger partial charge < -0.3 is 11.1 Å². The number of hydrogen-bond acceptors (Lipinski definition) is 2. The number of nitrogens with two attached hydrogens (primary N) is 1. The molecular weight excluding hydrogens is 220 g/mol. The topological polar surface area (TPSA) is 55.1 Å². The van der Waals surface area contributed by atoms with E-state index in [0.717, 1.165) is 38.6 Å². The monoisotopic (exact) mass is 242 g/mol. The van der Waals surface area contributed by atoms with Crippen LogP contribution in [0, 0.1) is 11.3 Å². The molecule has 1 aliphatic rings. The van der Waals surface area contributed by atoms with E-state index in [1.807, 2.05) is 0 Å². The van der Waals surface area contributed by atoms with E-state index in [2.05, 4.69) is 19.2 Å². The van der Waals surface area contributed by atoms with Gasteiger partial charge in [0.15, 0.2) is 0 Å². The third-order valence-corrected chi connectivity index (χ3v) is 4.06. The first-order chi connectivity index (χ1) is 7.53. The molecule has 4 heteroatoms. The normalized spacial score (nSPS) is 20.4. The fourth-order valence-corrected chi connectivity index (χ4v) is 2.44. The van der Waals surface area contributed by atoms with Gasteiger partial charge in [-0.25, -0.2) is 0 Å². The van der Waals surface area contributed by atoms with Crippen LogP contribution in [-0.2, 0) is 4.79 Å². The van der Waals surface area contributed by atoms with Crippen LogP contribution >= 0.6 is 12.2 Å². The SMILES string of the molecule is CCC(C)CNC(=O)C1(C(N)=S)CCCC1. The van der Waals surface area contributed by atoms with Gasteiger partial charge in [-0.2, -0.15) is 0 Å². The van der Waals surface area contributed by atoms with Gasteiger partial charge in [-0.15, -0.1) is 0 Å². The molecule has 1 fully saturated rings. The standard InChI is InChI=1S/C12H22N2OS/c1-3-9(2)8-14-11(15)12(10(13)16)6-4-5-7-12/h9H,3-8H2,1-2H3,(H2,13,16)(H,14,15). The molecule has 1 saturated carbocycles. The fraction of sp³-hybridized carbons (Fsp3) is 0.833. The minimum absolute atomic E-state index is 0.0396. The second-order valence-corrected chi connectivity index (χ2v) is 5.32. The van der Waals surface area contributed by atoms with Crippen LogP contribution in [0.5, 0.6) is 0 Å². The lowest BCUT2D eigenvalue weighted by molar-refractivity contribution is -0.127. The molecule has 92 valence electrons. The maximum atomic E-state index is 12.2. The van der Waals surface area contributed by atoms with E-state index in [9.17, 15) is 4.79 Å². The molecule has 0 radical (unpaired) electrons. The highest BCUT2D eigenvalue weighted by Crippen LogP contribution is 2.38. The molecule has 0 aromatic rings. The Morgan fingerprint density at radius 2 is 2.06 bits per heavy atom. The number of amides is 1. The number of thiocarbonyl (C=S) groups is 1. The lowest BCUT2D eigenvalue weighted by atomic mass is 9.85. The van der Waals surface area contributed by atoms with Gasteiger partial charge in [0.05, 0.1) is 10.4 Å². The predicted molar refractivity (Wildman–Crippen MR) is 70.2 cm³/mol. The van der Waals surface area contributed by atoms with Gasteiger partial charge in [-0.3, -0.25) is 4.79 Å². The Labute approximate surface area is 103 Å². The molecule has 16 heavy (non-hydrogen) atoms. The minimum Gasteiger partial charge on any atom is -0.392 e. The van der Waals surface area contributed by atoms with Gasteiger partial charge in [-0.1, -0.05) is 45.3 Å². The Morgan fingerprint density at radius 1 is 1.50 bits per heavy atom. The van der Waals surface area contributed by atoms with E-state index in [1.54, 1.807) is 0 Å². The molecular formula is C12H22N2OS. The van der Waals surface area contributed by atoms with Gasteiger partial charge in [-0.05, 0) is 18.8 Å². The van der Waals surface area contributed by atoms with Crippen molar-refractivity contribution in [3.8, 4) is 0 Å². The number of carbonyl (C=O) groups excluding carboxylic acids is 1. The van der Waals surface area contributed by atoms with E-state index in [0.29, 0.717) is 10.9 Å². The predicted octanol–water partition coefficient (Wildman–Crippen LogP) is 2.00. The molecule has 1 amide bonds. The van der Waals surface area contributed by atoms with E-state index in [4.69, 9.17) is 18.0 Å². The summed E-state index contributed by atoms with van der Waals surface area (Å²) in [7, 11) is 0. The maximum Gasteiger partial charge on any atom is 0.233 e. The van der Waals surface area contributed by atoms with Crippen molar-refractivity contribution in [3.63, 3.8) is 0 Å². The molecule has 3 nitrogen and oxygen atoms in total. The first-order valence-electron chi connectivity index (χ1n) is 6.11. The Bertz CT molecular complexity index is 272. The van der Waals surface area contributed by atoms with Crippen LogP contribution in [0.15, 0.2) is 0 Å².